The second-order valence-corrected chi connectivity index (χ2v) is 12.6. The van der Waals surface area contributed by atoms with E-state index in [1.807, 2.05) is 24.4 Å². The number of likely N-dealkylation sites (N-methyl/N-ethyl adjacent to an activating group) is 1. The monoisotopic (exact) mass is 624 g/mol. The first kappa shape index (κ1) is 29.9. The van der Waals surface area contributed by atoms with E-state index in [1.54, 1.807) is 24.2 Å². The lowest BCUT2D eigenvalue weighted by atomic mass is 9.93. The molecule has 46 heavy (non-hydrogen) atoms. The largest absolute Gasteiger partial charge is 0.461 e. The molecule has 0 spiro atoms. The molecule has 1 fully saturated rings. The van der Waals surface area contributed by atoms with Crippen molar-refractivity contribution in [1.82, 2.24) is 19.0 Å². The Bertz CT molecular complexity index is 1910. The summed E-state index contributed by atoms with van der Waals surface area (Å²) in [5.74, 6) is -0.310. The average Bonchev–Trinajstić information content (AvgIpc) is 3.41. The third-order valence-electron chi connectivity index (χ3n) is 9.40. The number of nitrogens with zero attached hydrogens (tertiary/aromatic N) is 5. The van der Waals surface area contributed by atoms with Crippen LogP contribution in [0.2, 0.25) is 0 Å². The minimum Gasteiger partial charge on any atom is -0.461 e. The van der Waals surface area contributed by atoms with Crippen molar-refractivity contribution in [3.05, 3.63) is 93.0 Å². The maximum Gasteiger partial charge on any atom is 0.302 e. The van der Waals surface area contributed by atoms with E-state index in [9.17, 15) is 14.4 Å². The van der Waals surface area contributed by atoms with Gasteiger partial charge in [0.1, 0.15) is 29.6 Å². The number of fused-ring (bicyclic) bond motifs is 3. The van der Waals surface area contributed by atoms with Gasteiger partial charge in [-0.2, -0.15) is 0 Å². The summed E-state index contributed by atoms with van der Waals surface area (Å²) in [6.07, 6.45) is 7.54. The molecule has 10 nitrogen and oxygen atoms in total. The van der Waals surface area contributed by atoms with Gasteiger partial charge in [-0.1, -0.05) is 6.07 Å². The molecule has 3 aliphatic rings. The fraction of sp³-hybridized carbons (Fsp3) is 0.371. The van der Waals surface area contributed by atoms with Crippen molar-refractivity contribution < 1.29 is 18.7 Å². The van der Waals surface area contributed by atoms with E-state index in [4.69, 9.17) is 4.74 Å². The topological polar surface area (TPSA) is 102 Å². The number of anilines is 3. The van der Waals surface area contributed by atoms with E-state index in [2.05, 4.69) is 26.8 Å². The van der Waals surface area contributed by atoms with Crippen molar-refractivity contribution in [2.45, 2.75) is 51.7 Å². The molecule has 5 heterocycles. The number of aryl methyl sites for hydroxylation is 2. The number of amides is 1. The summed E-state index contributed by atoms with van der Waals surface area (Å²) in [5.41, 5.74) is 5.90. The van der Waals surface area contributed by atoms with Gasteiger partial charge in [-0.25, -0.2) is 9.37 Å². The second kappa shape index (κ2) is 11.9. The van der Waals surface area contributed by atoms with Crippen LogP contribution in [0, 0.1) is 5.82 Å². The number of benzene rings is 1. The van der Waals surface area contributed by atoms with Crippen molar-refractivity contribution >= 4 is 29.1 Å². The van der Waals surface area contributed by atoms with Gasteiger partial charge < -0.3 is 29.0 Å². The van der Waals surface area contributed by atoms with E-state index in [0.717, 1.165) is 44.3 Å². The lowest BCUT2D eigenvalue weighted by Gasteiger charge is -2.36. The van der Waals surface area contributed by atoms with Gasteiger partial charge >= 0.3 is 5.97 Å². The Labute approximate surface area is 266 Å². The summed E-state index contributed by atoms with van der Waals surface area (Å²) in [6.45, 7) is 4.04. The maximum atomic E-state index is 15.5. The van der Waals surface area contributed by atoms with Crippen LogP contribution in [0.1, 0.15) is 58.6 Å². The van der Waals surface area contributed by atoms with Crippen molar-refractivity contribution in [2.24, 2.45) is 7.05 Å². The van der Waals surface area contributed by atoms with Crippen LogP contribution >= 0.6 is 0 Å². The van der Waals surface area contributed by atoms with Crippen LogP contribution in [0.3, 0.4) is 0 Å². The Hall–Kier alpha value is -4.77. The number of rotatable bonds is 7. The number of ether oxygens (including phenoxy) is 1. The van der Waals surface area contributed by atoms with E-state index in [1.165, 1.54) is 34.9 Å². The van der Waals surface area contributed by atoms with Crippen LogP contribution in [0.4, 0.5) is 21.6 Å². The summed E-state index contributed by atoms with van der Waals surface area (Å²) in [5, 5.41) is 3.14. The second-order valence-electron chi connectivity index (χ2n) is 12.6. The number of halogens is 1. The number of aromatic nitrogens is 3. The fourth-order valence-electron chi connectivity index (χ4n) is 7.03. The lowest BCUT2D eigenvalue weighted by molar-refractivity contribution is -0.142. The Morgan fingerprint density at radius 1 is 1.07 bits per heavy atom. The maximum absolute atomic E-state index is 15.5. The number of likely N-dealkylation sites (tertiary alicyclic amines) is 1. The Morgan fingerprint density at radius 3 is 2.61 bits per heavy atom. The van der Waals surface area contributed by atoms with Crippen LogP contribution in [-0.4, -0.2) is 57.6 Å². The molecule has 1 aliphatic carbocycles. The summed E-state index contributed by atoms with van der Waals surface area (Å²) < 4.78 is 24.5. The van der Waals surface area contributed by atoms with Crippen LogP contribution in [0.5, 0.6) is 0 Å². The molecule has 238 valence electrons. The molecule has 0 saturated carbocycles. The molecular formula is C35H37FN6O4. The quantitative estimate of drug-likeness (QED) is 0.296. The molecule has 1 amide bonds. The van der Waals surface area contributed by atoms with Gasteiger partial charge in [-0.3, -0.25) is 14.4 Å². The SMILES string of the molecule is CC(=O)OCc1c(-c2cc(Nc3ccc(C4CN(C)C4)cn3)c(=O)n(C)c2)cc(F)cc1N1CCn2c(cc3c2CCCC3)C1=O. The van der Waals surface area contributed by atoms with E-state index in [0.29, 0.717) is 52.9 Å². The predicted molar refractivity (Wildman–Crippen MR) is 173 cm³/mol. The van der Waals surface area contributed by atoms with E-state index in [-0.39, 0.29) is 23.8 Å². The minimum absolute atomic E-state index is 0.174. The number of esters is 1. The van der Waals surface area contributed by atoms with Crippen LogP contribution in [-0.2, 0) is 42.6 Å². The Balaban J connectivity index is 1.26. The molecule has 7 rings (SSSR count). The number of nitrogens with one attached hydrogen (secondary N) is 1. The number of hydrogen-bond donors (Lipinski definition) is 1. The van der Waals surface area contributed by atoms with Gasteiger partial charge in [0.2, 0.25) is 0 Å². The number of pyridine rings is 2. The summed E-state index contributed by atoms with van der Waals surface area (Å²) in [7, 11) is 3.70. The van der Waals surface area contributed by atoms with Gasteiger partial charge in [0.15, 0.2) is 0 Å². The standard InChI is InChI=1S/C35H37FN6O4/c1-21(43)46-20-28-27(14-26(36)15-31(28)42-11-10-41-30-7-5-4-6-22(30)13-32(41)35(42)45)24-12-29(34(44)40(3)19-24)38-33-9-8-23(16-37-33)25-17-39(2)18-25/h8-9,12-16,19,25H,4-7,10-11,17-18,20H2,1-3H3,(H,37,38). The summed E-state index contributed by atoms with van der Waals surface area (Å²) in [4.78, 5) is 47.5. The van der Waals surface area contributed by atoms with Crippen molar-refractivity contribution in [1.29, 1.82) is 0 Å². The highest BCUT2D eigenvalue weighted by molar-refractivity contribution is 6.07. The van der Waals surface area contributed by atoms with Crippen LogP contribution in [0.25, 0.3) is 11.1 Å². The molecule has 0 bridgehead atoms. The van der Waals surface area contributed by atoms with E-state index >= 15 is 4.39 Å². The van der Waals surface area contributed by atoms with Crippen LogP contribution in [0.15, 0.2) is 53.6 Å². The molecule has 11 heteroatoms. The first-order valence-electron chi connectivity index (χ1n) is 15.8. The van der Waals surface area contributed by atoms with Gasteiger partial charge in [0.05, 0.1) is 5.69 Å². The summed E-state index contributed by atoms with van der Waals surface area (Å²) in [6, 6.07) is 10.2. The molecule has 0 unspecified atom stereocenters. The van der Waals surface area contributed by atoms with Gasteiger partial charge in [-0.15, -0.1) is 0 Å². The first-order chi connectivity index (χ1) is 22.2. The minimum atomic E-state index is -0.549. The molecule has 0 atom stereocenters. The molecule has 1 aromatic carbocycles. The van der Waals surface area contributed by atoms with Gasteiger partial charge in [0.25, 0.3) is 11.5 Å². The zero-order valence-electron chi connectivity index (χ0n) is 26.3. The number of carbonyl (C=O) groups is 2. The highest BCUT2D eigenvalue weighted by atomic mass is 19.1. The van der Waals surface area contributed by atoms with Gasteiger partial charge in [-0.05, 0) is 79.8 Å². The Kier molecular flexibility index (Phi) is 7.72. The smallest absolute Gasteiger partial charge is 0.302 e. The average molecular weight is 625 g/mol. The van der Waals surface area contributed by atoms with Crippen molar-refractivity contribution in [3.8, 4) is 11.1 Å². The normalized spacial score (nSPS) is 16.5. The third-order valence-corrected chi connectivity index (χ3v) is 9.40. The molecular weight excluding hydrogens is 587 g/mol. The summed E-state index contributed by atoms with van der Waals surface area (Å²) >= 11 is 0. The third kappa shape index (κ3) is 5.49. The van der Waals surface area contributed by atoms with Gasteiger partial charge in [0, 0.05) is 75.3 Å². The molecule has 0 radical (unpaired) electrons. The zero-order chi connectivity index (χ0) is 32.1. The molecule has 4 aromatic rings. The fourth-order valence-corrected chi connectivity index (χ4v) is 7.03. The van der Waals surface area contributed by atoms with Crippen molar-refractivity contribution in [3.63, 3.8) is 0 Å². The number of carbonyl (C=O) groups excluding carboxylic acids is 2. The molecule has 2 aliphatic heterocycles. The highest BCUT2D eigenvalue weighted by Gasteiger charge is 2.32. The highest BCUT2D eigenvalue weighted by Crippen LogP contribution is 2.37. The zero-order valence-corrected chi connectivity index (χ0v) is 26.3. The predicted octanol–water partition coefficient (Wildman–Crippen LogP) is 4.76. The van der Waals surface area contributed by atoms with Crippen LogP contribution < -0.4 is 15.8 Å². The molecule has 1 saturated heterocycles. The Morgan fingerprint density at radius 2 is 1.87 bits per heavy atom. The molecule has 3 aromatic heterocycles. The number of hydrogen-bond acceptors (Lipinski definition) is 7. The van der Waals surface area contributed by atoms with Crippen molar-refractivity contribution in [2.75, 3.05) is 36.9 Å². The molecule has 1 N–H and O–H groups in total. The first-order valence-corrected chi connectivity index (χ1v) is 15.8. The van der Waals surface area contributed by atoms with E-state index < -0.39 is 11.8 Å². The lowest BCUT2D eigenvalue weighted by Crippen LogP contribution is -2.41.